The van der Waals surface area contributed by atoms with E-state index in [-0.39, 0.29) is 12.4 Å². The van der Waals surface area contributed by atoms with Gasteiger partial charge in [0.05, 0.1) is 0 Å². The first kappa shape index (κ1) is 14.7. The Bertz CT molecular complexity index is 769. The molecule has 22 heavy (non-hydrogen) atoms. The molecule has 2 heterocycles. The van der Waals surface area contributed by atoms with E-state index in [1.807, 2.05) is 0 Å². The van der Waals surface area contributed by atoms with Crippen molar-refractivity contribution in [2.45, 2.75) is 16.9 Å². The smallest absolute Gasteiger partial charge is 0.284 e. The Morgan fingerprint density at radius 3 is 2.68 bits per heavy atom. The monoisotopic (exact) mass is 336 g/mol. The third-order valence-corrected chi connectivity index (χ3v) is 3.54. The lowest BCUT2D eigenvalue weighted by molar-refractivity contribution is 0.109. The molecule has 3 rings (SSSR count). The summed E-state index contributed by atoms with van der Waals surface area (Å²) in [5, 5.41) is 9.18. The number of carbonyl (C=O) groups is 1. The highest BCUT2D eigenvalue weighted by Gasteiger charge is 2.11. The molecule has 8 heteroatoms. The molecule has 6 nitrogen and oxygen atoms in total. The Kier molecular flexibility index (Phi) is 4.45. The van der Waals surface area contributed by atoms with E-state index in [4.69, 9.17) is 25.2 Å². The Balaban J connectivity index is 1.58. The molecule has 0 fully saturated rings. The minimum Gasteiger partial charge on any atom is -0.484 e. The molecule has 0 atom stereocenters. The fraction of sp³-hybridized carbons (Fsp3) is 0.0714. The third kappa shape index (κ3) is 3.69. The van der Waals surface area contributed by atoms with Gasteiger partial charge in [-0.15, -0.1) is 10.2 Å². The van der Waals surface area contributed by atoms with Crippen LogP contribution in [0.3, 0.4) is 0 Å². The Labute approximate surface area is 134 Å². The minimum absolute atomic E-state index is 0.146. The quantitative estimate of drug-likeness (QED) is 0.632. The van der Waals surface area contributed by atoms with Crippen LogP contribution in [0.25, 0.3) is 0 Å². The van der Waals surface area contributed by atoms with Crippen molar-refractivity contribution in [1.29, 1.82) is 0 Å². The summed E-state index contributed by atoms with van der Waals surface area (Å²) in [5.74, 6) is 1.23. The average Bonchev–Trinajstić information content (AvgIpc) is 3.16. The van der Waals surface area contributed by atoms with Crippen LogP contribution in [0.4, 0.5) is 0 Å². The summed E-state index contributed by atoms with van der Waals surface area (Å²) in [7, 11) is 0. The first-order valence-corrected chi connectivity index (χ1v) is 7.36. The number of ether oxygens (including phenoxy) is 1. The van der Waals surface area contributed by atoms with Gasteiger partial charge in [0.25, 0.3) is 11.1 Å². The zero-order valence-electron chi connectivity index (χ0n) is 11.1. The molecule has 0 spiro atoms. The fourth-order valence-electron chi connectivity index (χ4n) is 1.55. The van der Waals surface area contributed by atoms with Gasteiger partial charge in [-0.25, -0.2) is 0 Å². The second-order valence-electron chi connectivity index (χ2n) is 4.08. The molecule has 0 unspecified atom stereocenters. The van der Waals surface area contributed by atoms with Gasteiger partial charge in [0.2, 0.25) is 0 Å². The molecule has 0 radical (unpaired) electrons. The van der Waals surface area contributed by atoms with Crippen molar-refractivity contribution in [1.82, 2.24) is 10.2 Å². The molecule has 0 saturated heterocycles. The Hall–Kier alpha value is -2.25. The number of benzene rings is 1. The summed E-state index contributed by atoms with van der Waals surface area (Å²) in [4.78, 5) is 10.5. The van der Waals surface area contributed by atoms with Crippen LogP contribution in [0, 0.1) is 0 Å². The number of hydrogen-bond acceptors (Lipinski definition) is 7. The summed E-state index contributed by atoms with van der Waals surface area (Å²) in [6.45, 7) is 0.146. The standard InChI is InChI=1S/C14H9ClN2O4S/c15-9-1-3-10(4-2-9)19-8-12-16-17-14(21-12)22-13-6-5-11(7-18)20-13/h1-7H,8H2. The van der Waals surface area contributed by atoms with Crippen LogP contribution in [-0.2, 0) is 6.61 Å². The molecule has 0 N–H and O–H groups in total. The molecule has 2 aromatic heterocycles. The molecule has 1 aromatic carbocycles. The lowest BCUT2D eigenvalue weighted by atomic mass is 10.3. The zero-order valence-corrected chi connectivity index (χ0v) is 12.6. The highest BCUT2D eigenvalue weighted by atomic mass is 35.5. The van der Waals surface area contributed by atoms with Gasteiger partial charge in [0, 0.05) is 16.8 Å². The van der Waals surface area contributed by atoms with Crippen LogP contribution < -0.4 is 4.74 Å². The van der Waals surface area contributed by atoms with Gasteiger partial charge in [-0.05, 0) is 36.4 Å². The number of aromatic nitrogens is 2. The van der Waals surface area contributed by atoms with Crippen LogP contribution in [0.1, 0.15) is 16.4 Å². The van der Waals surface area contributed by atoms with Crippen molar-refractivity contribution in [3.63, 3.8) is 0 Å². The van der Waals surface area contributed by atoms with Crippen LogP contribution in [0.5, 0.6) is 5.75 Å². The number of halogens is 1. The van der Waals surface area contributed by atoms with Gasteiger partial charge in [-0.2, -0.15) is 0 Å². The van der Waals surface area contributed by atoms with Gasteiger partial charge in [0.1, 0.15) is 5.75 Å². The van der Waals surface area contributed by atoms with E-state index in [1.165, 1.54) is 0 Å². The predicted molar refractivity (Wildman–Crippen MR) is 78.3 cm³/mol. The number of furan rings is 1. The van der Waals surface area contributed by atoms with Gasteiger partial charge >= 0.3 is 0 Å². The summed E-state index contributed by atoms with van der Waals surface area (Å²) in [6, 6.07) is 10.2. The minimum atomic E-state index is 0.146. The summed E-state index contributed by atoms with van der Waals surface area (Å²) < 4.78 is 16.1. The first-order chi connectivity index (χ1) is 10.7. The second-order valence-corrected chi connectivity index (χ2v) is 5.47. The van der Waals surface area contributed by atoms with Gasteiger partial charge in [-0.3, -0.25) is 4.79 Å². The maximum atomic E-state index is 10.5. The molecular weight excluding hydrogens is 328 g/mol. The van der Waals surface area contributed by atoms with Crippen LogP contribution >= 0.6 is 23.4 Å². The number of aldehydes is 1. The molecule has 3 aromatic rings. The molecule has 0 amide bonds. The van der Waals surface area contributed by atoms with Crippen LogP contribution in [0.15, 0.2) is 55.5 Å². The summed E-state index contributed by atoms with van der Waals surface area (Å²) in [6.07, 6.45) is 0.628. The average molecular weight is 337 g/mol. The highest BCUT2D eigenvalue weighted by molar-refractivity contribution is 7.99. The number of carbonyl (C=O) groups excluding carboxylic acids is 1. The Morgan fingerprint density at radius 2 is 1.95 bits per heavy atom. The van der Waals surface area contributed by atoms with E-state index < -0.39 is 0 Å². The van der Waals surface area contributed by atoms with Crippen molar-refractivity contribution in [3.8, 4) is 5.75 Å². The molecule has 112 valence electrons. The second kappa shape index (κ2) is 6.67. The van der Waals surface area contributed by atoms with E-state index in [0.29, 0.717) is 33.3 Å². The Morgan fingerprint density at radius 1 is 1.14 bits per heavy atom. The van der Waals surface area contributed by atoms with Crippen LogP contribution in [-0.4, -0.2) is 16.5 Å². The van der Waals surface area contributed by atoms with Crippen molar-refractivity contribution in [2.24, 2.45) is 0 Å². The van der Waals surface area contributed by atoms with Gasteiger partial charge < -0.3 is 13.6 Å². The first-order valence-electron chi connectivity index (χ1n) is 6.16. The molecule has 0 aliphatic heterocycles. The molecule has 0 aliphatic carbocycles. The molecule has 0 bridgehead atoms. The summed E-state index contributed by atoms with van der Waals surface area (Å²) in [5.41, 5.74) is 0. The van der Waals surface area contributed by atoms with E-state index >= 15 is 0 Å². The van der Waals surface area contributed by atoms with Gasteiger partial charge in [-0.1, -0.05) is 11.6 Å². The summed E-state index contributed by atoms with van der Waals surface area (Å²) >= 11 is 6.92. The lowest BCUT2D eigenvalue weighted by Crippen LogP contribution is -1.95. The molecule has 0 saturated carbocycles. The van der Waals surface area contributed by atoms with Crippen molar-refractivity contribution in [2.75, 3.05) is 0 Å². The zero-order chi connectivity index (χ0) is 15.4. The molecule has 0 aliphatic rings. The third-order valence-electron chi connectivity index (χ3n) is 2.53. The highest BCUT2D eigenvalue weighted by Crippen LogP contribution is 2.28. The van der Waals surface area contributed by atoms with Crippen molar-refractivity contribution in [3.05, 3.63) is 53.1 Å². The number of rotatable bonds is 6. The van der Waals surface area contributed by atoms with Crippen molar-refractivity contribution >= 4 is 29.6 Å². The maximum absolute atomic E-state index is 10.5. The largest absolute Gasteiger partial charge is 0.484 e. The number of hydrogen-bond donors (Lipinski definition) is 0. The normalized spacial score (nSPS) is 10.6. The molecular formula is C14H9ClN2O4S. The topological polar surface area (TPSA) is 78.4 Å². The van der Waals surface area contributed by atoms with Crippen LogP contribution in [0.2, 0.25) is 5.02 Å². The predicted octanol–water partition coefficient (Wildman–Crippen LogP) is 3.86. The van der Waals surface area contributed by atoms with Crippen molar-refractivity contribution < 1.29 is 18.4 Å². The van der Waals surface area contributed by atoms with E-state index in [0.717, 1.165) is 11.8 Å². The fourth-order valence-corrected chi connectivity index (χ4v) is 2.34. The van der Waals surface area contributed by atoms with E-state index in [9.17, 15) is 4.79 Å². The number of nitrogens with zero attached hydrogens (tertiary/aromatic N) is 2. The van der Waals surface area contributed by atoms with Gasteiger partial charge in [0.15, 0.2) is 23.7 Å². The van der Waals surface area contributed by atoms with E-state index in [2.05, 4.69) is 10.2 Å². The van der Waals surface area contributed by atoms with E-state index in [1.54, 1.807) is 36.4 Å². The SMILES string of the molecule is O=Cc1ccc(Sc2nnc(COc3ccc(Cl)cc3)o2)o1. The maximum Gasteiger partial charge on any atom is 0.284 e. The lowest BCUT2D eigenvalue weighted by Gasteiger charge is -2.02.